The summed E-state index contributed by atoms with van der Waals surface area (Å²) in [5.41, 5.74) is 7.03. The van der Waals surface area contributed by atoms with Crippen LogP contribution in [0, 0.1) is 6.92 Å². The molecule has 0 aliphatic heterocycles. The normalized spacial score (nSPS) is 16.1. The molecule has 3 heterocycles. The third-order valence-electron chi connectivity index (χ3n) is 3.62. The van der Waals surface area contributed by atoms with E-state index >= 15 is 0 Å². The van der Waals surface area contributed by atoms with Gasteiger partial charge in [-0.3, -0.25) is 0 Å². The van der Waals surface area contributed by atoms with E-state index in [4.69, 9.17) is 5.73 Å². The maximum absolute atomic E-state index is 5.86. The van der Waals surface area contributed by atoms with E-state index in [9.17, 15) is 0 Å². The maximum Gasteiger partial charge on any atom is 0.235 e. The van der Waals surface area contributed by atoms with Crippen LogP contribution in [0.3, 0.4) is 0 Å². The highest BCUT2D eigenvalue weighted by atomic mass is 32.1. The van der Waals surface area contributed by atoms with Crippen LogP contribution in [0.2, 0.25) is 0 Å². The molecule has 0 amide bonds. The van der Waals surface area contributed by atoms with Crippen molar-refractivity contribution >= 4 is 32.6 Å². The Bertz CT molecular complexity index is 749. The summed E-state index contributed by atoms with van der Waals surface area (Å²) in [6, 6.07) is 2.00. The van der Waals surface area contributed by atoms with Gasteiger partial charge in [0.15, 0.2) is 10.8 Å². The zero-order chi connectivity index (χ0) is 13.0. The minimum absolute atomic E-state index is 0.541. The molecule has 0 aromatic carbocycles. The summed E-state index contributed by atoms with van der Waals surface area (Å²) >= 11 is 3.17. The molecule has 1 aliphatic rings. The lowest BCUT2D eigenvalue weighted by Gasteiger charge is -2.22. The highest BCUT2D eigenvalue weighted by molar-refractivity contribution is 7.25. The Kier molecular flexibility index (Phi) is 2.40. The fourth-order valence-corrected chi connectivity index (χ4v) is 4.28. The Hall–Kier alpha value is -1.47. The van der Waals surface area contributed by atoms with Gasteiger partial charge in [-0.25, -0.2) is 0 Å². The van der Waals surface area contributed by atoms with Crippen molar-refractivity contribution in [3.63, 3.8) is 0 Å². The van der Waals surface area contributed by atoms with E-state index in [1.54, 1.807) is 22.7 Å². The minimum atomic E-state index is 0.541. The number of nitrogens with zero attached hydrogens (tertiary/aromatic N) is 4. The number of aromatic nitrogens is 4. The first-order valence-corrected chi connectivity index (χ1v) is 7.94. The maximum atomic E-state index is 5.86. The van der Waals surface area contributed by atoms with Gasteiger partial charge >= 0.3 is 0 Å². The minimum Gasteiger partial charge on any atom is -0.391 e. The highest BCUT2D eigenvalue weighted by Crippen LogP contribution is 2.39. The van der Waals surface area contributed by atoms with E-state index in [-0.39, 0.29) is 0 Å². The molecule has 0 radical (unpaired) electrons. The molecule has 0 bridgehead atoms. The number of aryl methyl sites for hydroxylation is 1. The number of anilines is 1. The monoisotopic (exact) mass is 291 g/mol. The predicted octanol–water partition coefficient (Wildman–Crippen LogP) is 3.07. The molecule has 1 fully saturated rings. The Morgan fingerprint density at radius 3 is 2.79 bits per heavy atom. The van der Waals surface area contributed by atoms with Crippen molar-refractivity contribution in [2.75, 3.05) is 5.73 Å². The molecule has 1 aliphatic carbocycles. The van der Waals surface area contributed by atoms with Crippen LogP contribution < -0.4 is 5.73 Å². The summed E-state index contributed by atoms with van der Waals surface area (Å²) in [4.78, 5) is 2.02. The molecule has 3 aromatic heterocycles. The highest BCUT2D eigenvalue weighted by Gasteiger charge is 2.26. The largest absolute Gasteiger partial charge is 0.391 e. The van der Waals surface area contributed by atoms with Crippen LogP contribution >= 0.6 is 22.7 Å². The molecule has 5 nitrogen and oxygen atoms in total. The van der Waals surface area contributed by atoms with Gasteiger partial charge < -0.3 is 5.73 Å². The molecule has 7 heteroatoms. The second-order valence-electron chi connectivity index (χ2n) is 4.95. The lowest BCUT2D eigenvalue weighted by molar-refractivity contribution is 0.395. The van der Waals surface area contributed by atoms with Crippen molar-refractivity contribution in [3.05, 3.63) is 17.5 Å². The Morgan fingerprint density at radius 2 is 2.16 bits per heavy atom. The number of fused-ring (bicyclic) bond motifs is 1. The van der Waals surface area contributed by atoms with E-state index in [0.717, 1.165) is 25.7 Å². The van der Waals surface area contributed by atoms with Gasteiger partial charge in [-0.15, -0.1) is 21.5 Å². The Morgan fingerprint density at radius 1 is 1.32 bits per heavy atom. The van der Waals surface area contributed by atoms with Gasteiger partial charge in [0, 0.05) is 5.92 Å². The fourth-order valence-electron chi connectivity index (χ4n) is 2.36. The molecule has 2 N–H and O–H groups in total. The Labute approximate surface area is 118 Å². The standard InChI is InChI=1S/C12H13N5S2/c1-6-5-8(13)18-9(6)11-16-17-10(7-3-2-4-7)14-15-12(17)19-11/h5,7H,2-4,13H2,1H3. The topological polar surface area (TPSA) is 69.1 Å². The lowest BCUT2D eigenvalue weighted by atomic mass is 9.85. The SMILES string of the molecule is Cc1cc(N)sc1-c1nn2c(C3CCC3)nnc2s1. The average molecular weight is 291 g/mol. The molecule has 0 saturated heterocycles. The van der Waals surface area contributed by atoms with Crippen molar-refractivity contribution in [2.24, 2.45) is 0 Å². The number of rotatable bonds is 2. The first-order valence-electron chi connectivity index (χ1n) is 6.31. The second kappa shape index (κ2) is 4.01. The summed E-state index contributed by atoms with van der Waals surface area (Å²) in [6.07, 6.45) is 3.70. The number of thiophene rings is 1. The summed E-state index contributed by atoms with van der Waals surface area (Å²) in [5.74, 6) is 1.56. The average Bonchev–Trinajstić information content (AvgIpc) is 2.92. The van der Waals surface area contributed by atoms with Crippen LogP contribution in [0.1, 0.15) is 36.6 Å². The molecule has 98 valence electrons. The van der Waals surface area contributed by atoms with E-state index in [1.807, 2.05) is 10.6 Å². The smallest absolute Gasteiger partial charge is 0.235 e. The molecular formula is C12H13N5S2. The van der Waals surface area contributed by atoms with Crippen molar-refractivity contribution in [1.82, 2.24) is 19.8 Å². The first kappa shape index (κ1) is 11.4. The molecule has 0 unspecified atom stereocenters. The van der Waals surface area contributed by atoms with Crippen molar-refractivity contribution in [2.45, 2.75) is 32.1 Å². The van der Waals surface area contributed by atoms with Crippen molar-refractivity contribution in [1.29, 1.82) is 0 Å². The van der Waals surface area contributed by atoms with Gasteiger partial charge in [0.25, 0.3) is 0 Å². The molecule has 19 heavy (non-hydrogen) atoms. The Balaban J connectivity index is 1.83. The summed E-state index contributed by atoms with van der Waals surface area (Å²) in [7, 11) is 0. The summed E-state index contributed by atoms with van der Waals surface area (Å²) in [6.45, 7) is 2.07. The van der Waals surface area contributed by atoms with Crippen LogP contribution in [0.15, 0.2) is 6.07 Å². The van der Waals surface area contributed by atoms with Gasteiger partial charge in [-0.1, -0.05) is 17.8 Å². The zero-order valence-electron chi connectivity index (χ0n) is 10.5. The van der Waals surface area contributed by atoms with E-state index < -0.39 is 0 Å². The quantitative estimate of drug-likeness (QED) is 0.787. The fraction of sp³-hybridized carbons (Fsp3) is 0.417. The second-order valence-corrected chi connectivity index (χ2v) is 6.99. The third-order valence-corrected chi connectivity index (χ3v) is 5.73. The van der Waals surface area contributed by atoms with Gasteiger partial charge in [-0.2, -0.15) is 9.61 Å². The van der Waals surface area contributed by atoms with Gasteiger partial charge in [0.1, 0.15) is 0 Å². The van der Waals surface area contributed by atoms with Crippen LogP contribution in [-0.4, -0.2) is 19.8 Å². The van der Waals surface area contributed by atoms with Gasteiger partial charge in [-0.05, 0) is 31.4 Å². The van der Waals surface area contributed by atoms with E-state index in [1.165, 1.54) is 24.8 Å². The van der Waals surface area contributed by atoms with Crippen LogP contribution in [0.25, 0.3) is 14.8 Å². The first-order chi connectivity index (χ1) is 9.22. The molecule has 3 aromatic rings. The molecular weight excluding hydrogens is 278 g/mol. The van der Waals surface area contributed by atoms with E-state index in [2.05, 4.69) is 22.2 Å². The predicted molar refractivity (Wildman–Crippen MR) is 77.7 cm³/mol. The summed E-state index contributed by atoms with van der Waals surface area (Å²) < 4.78 is 1.92. The lowest BCUT2D eigenvalue weighted by Crippen LogP contribution is -2.12. The van der Waals surface area contributed by atoms with Crippen molar-refractivity contribution < 1.29 is 0 Å². The number of hydrogen-bond acceptors (Lipinski definition) is 6. The molecule has 1 saturated carbocycles. The van der Waals surface area contributed by atoms with Crippen LogP contribution in [0.5, 0.6) is 0 Å². The molecule has 0 spiro atoms. The number of nitrogen functional groups attached to an aromatic ring is 1. The number of nitrogens with two attached hydrogens (primary N) is 1. The molecule has 4 rings (SSSR count). The van der Waals surface area contributed by atoms with Crippen molar-refractivity contribution in [3.8, 4) is 9.88 Å². The zero-order valence-corrected chi connectivity index (χ0v) is 12.1. The van der Waals surface area contributed by atoms with Gasteiger partial charge in [0.2, 0.25) is 4.96 Å². The third kappa shape index (κ3) is 1.68. The number of hydrogen-bond donors (Lipinski definition) is 1. The van der Waals surface area contributed by atoms with Gasteiger partial charge in [0.05, 0.1) is 9.88 Å². The molecule has 0 atom stereocenters. The van der Waals surface area contributed by atoms with E-state index in [0.29, 0.717) is 5.92 Å². The van der Waals surface area contributed by atoms with Crippen LogP contribution in [0.4, 0.5) is 5.00 Å². The summed E-state index contributed by atoms with van der Waals surface area (Å²) in [5, 5.41) is 15.0. The van der Waals surface area contributed by atoms with Crippen LogP contribution in [-0.2, 0) is 0 Å².